The molecule has 0 N–H and O–H groups in total. The number of rotatable bonds is 6. The van der Waals surface area contributed by atoms with Gasteiger partial charge in [0.15, 0.2) is 0 Å². The lowest BCUT2D eigenvalue weighted by Gasteiger charge is -1.95. The first-order valence-electron chi connectivity index (χ1n) is 6.64. The Balaban J connectivity index is 2.42. The molecule has 0 aliphatic carbocycles. The molecule has 0 atom stereocenters. The van der Waals surface area contributed by atoms with Crippen molar-refractivity contribution in [1.82, 2.24) is 0 Å². The van der Waals surface area contributed by atoms with Crippen molar-refractivity contribution < 1.29 is 9.53 Å². The molecule has 2 heteroatoms. The summed E-state index contributed by atoms with van der Waals surface area (Å²) in [5.41, 5.74) is 2.03. The molecule has 0 aromatic heterocycles. The highest BCUT2D eigenvalue weighted by Gasteiger charge is 1.94. The molecule has 0 saturated heterocycles. The Hall–Kier alpha value is -2.35. The van der Waals surface area contributed by atoms with Crippen molar-refractivity contribution >= 4 is 12.0 Å². The van der Waals surface area contributed by atoms with Crippen molar-refractivity contribution in [2.45, 2.75) is 13.8 Å². The Morgan fingerprint density at radius 1 is 1.10 bits per heavy atom. The molecule has 1 aromatic carbocycles. The van der Waals surface area contributed by atoms with Gasteiger partial charge in [-0.3, -0.25) is 0 Å². The van der Waals surface area contributed by atoms with E-state index in [4.69, 9.17) is 4.74 Å². The van der Waals surface area contributed by atoms with Crippen LogP contribution in [0.3, 0.4) is 0 Å². The highest BCUT2D eigenvalue weighted by atomic mass is 16.5. The van der Waals surface area contributed by atoms with Crippen molar-refractivity contribution in [2.24, 2.45) is 0 Å². The smallest absolute Gasteiger partial charge is 0.330 e. The van der Waals surface area contributed by atoms with Gasteiger partial charge in [-0.25, -0.2) is 4.79 Å². The van der Waals surface area contributed by atoms with E-state index in [9.17, 15) is 4.79 Å². The molecular weight excluding hydrogens is 248 g/mol. The Labute approximate surface area is 120 Å². The van der Waals surface area contributed by atoms with E-state index in [1.54, 1.807) is 6.92 Å². The topological polar surface area (TPSA) is 26.3 Å². The first kappa shape index (κ1) is 15.7. The molecule has 0 unspecified atom stereocenters. The summed E-state index contributed by atoms with van der Waals surface area (Å²) in [4.78, 5) is 11.2. The second-order valence-corrected chi connectivity index (χ2v) is 4.15. The minimum absolute atomic E-state index is 0.303. The predicted octanol–water partition coefficient (Wildman–Crippen LogP) is 4.32. The minimum atomic E-state index is -0.303. The Morgan fingerprint density at radius 3 is 2.50 bits per heavy atom. The van der Waals surface area contributed by atoms with E-state index in [0.717, 1.165) is 5.57 Å². The van der Waals surface area contributed by atoms with Gasteiger partial charge in [0.25, 0.3) is 0 Å². The SMILES string of the molecule is CCOC(=O)/C=C(C)/C=C/C=C/C=C/c1ccccc1. The van der Waals surface area contributed by atoms with Crippen molar-refractivity contribution in [1.29, 1.82) is 0 Å². The summed E-state index contributed by atoms with van der Waals surface area (Å²) in [5, 5.41) is 0. The molecule has 2 nitrogen and oxygen atoms in total. The van der Waals surface area contributed by atoms with Gasteiger partial charge in [0.1, 0.15) is 0 Å². The number of carbonyl (C=O) groups is 1. The second kappa shape index (κ2) is 9.56. The summed E-state index contributed by atoms with van der Waals surface area (Å²) < 4.78 is 4.83. The Morgan fingerprint density at radius 2 is 1.80 bits per heavy atom. The third kappa shape index (κ3) is 7.17. The van der Waals surface area contributed by atoms with Crippen LogP contribution in [0, 0.1) is 0 Å². The van der Waals surface area contributed by atoms with E-state index >= 15 is 0 Å². The summed E-state index contributed by atoms with van der Waals surface area (Å²) >= 11 is 0. The molecule has 104 valence electrons. The zero-order chi connectivity index (χ0) is 14.6. The number of hydrogen-bond acceptors (Lipinski definition) is 2. The molecule has 0 aliphatic heterocycles. The highest BCUT2D eigenvalue weighted by molar-refractivity contribution is 5.83. The van der Waals surface area contributed by atoms with Gasteiger partial charge in [0, 0.05) is 6.08 Å². The third-order valence-electron chi connectivity index (χ3n) is 2.41. The number of allylic oxidation sites excluding steroid dienone is 6. The second-order valence-electron chi connectivity index (χ2n) is 4.15. The predicted molar refractivity (Wildman–Crippen MR) is 84.1 cm³/mol. The number of ether oxygens (including phenoxy) is 1. The van der Waals surface area contributed by atoms with Gasteiger partial charge >= 0.3 is 5.97 Å². The quantitative estimate of drug-likeness (QED) is 0.436. The summed E-state index contributed by atoms with van der Waals surface area (Å²) in [5.74, 6) is -0.303. The largest absolute Gasteiger partial charge is 0.463 e. The fourth-order valence-electron chi connectivity index (χ4n) is 1.48. The zero-order valence-corrected chi connectivity index (χ0v) is 12.0. The van der Waals surface area contributed by atoms with E-state index in [1.165, 1.54) is 11.6 Å². The van der Waals surface area contributed by atoms with E-state index in [-0.39, 0.29) is 5.97 Å². The molecule has 0 aliphatic rings. The van der Waals surface area contributed by atoms with Crippen LogP contribution in [0.1, 0.15) is 19.4 Å². The van der Waals surface area contributed by atoms with E-state index in [1.807, 2.05) is 73.7 Å². The van der Waals surface area contributed by atoms with Crippen LogP contribution in [0.2, 0.25) is 0 Å². The number of benzene rings is 1. The first-order chi connectivity index (χ1) is 9.72. The molecule has 0 fully saturated rings. The number of esters is 1. The van der Waals surface area contributed by atoms with E-state index in [0.29, 0.717) is 6.61 Å². The maximum absolute atomic E-state index is 11.2. The van der Waals surface area contributed by atoms with Crippen molar-refractivity contribution in [2.75, 3.05) is 6.61 Å². The summed E-state index contributed by atoms with van der Waals surface area (Å²) in [7, 11) is 0. The summed E-state index contributed by atoms with van der Waals surface area (Å²) in [6.45, 7) is 4.05. The highest BCUT2D eigenvalue weighted by Crippen LogP contribution is 2.01. The molecule has 1 rings (SSSR count). The Bertz CT molecular complexity index is 520. The maximum atomic E-state index is 11.2. The van der Waals surface area contributed by atoms with Crippen LogP contribution in [0.15, 0.2) is 72.4 Å². The van der Waals surface area contributed by atoms with Crippen molar-refractivity contribution in [3.05, 3.63) is 77.9 Å². The molecule has 0 amide bonds. The van der Waals surface area contributed by atoms with Crippen LogP contribution in [0.25, 0.3) is 6.08 Å². The van der Waals surface area contributed by atoms with Gasteiger partial charge in [-0.2, -0.15) is 0 Å². The Kier molecular flexibility index (Phi) is 7.51. The fraction of sp³-hybridized carbons (Fsp3) is 0.167. The number of carbonyl (C=O) groups excluding carboxylic acids is 1. The van der Waals surface area contributed by atoms with Gasteiger partial charge in [-0.05, 0) is 25.0 Å². The molecule has 1 aromatic rings. The summed E-state index contributed by atoms with van der Waals surface area (Å²) in [6, 6.07) is 10.1. The van der Waals surface area contributed by atoms with E-state index < -0.39 is 0 Å². The van der Waals surface area contributed by atoms with Crippen molar-refractivity contribution in [3.63, 3.8) is 0 Å². The van der Waals surface area contributed by atoms with E-state index in [2.05, 4.69) is 0 Å². The van der Waals surface area contributed by atoms with Crippen LogP contribution in [0.5, 0.6) is 0 Å². The van der Waals surface area contributed by atoms with Crippen LogP contribution in [-0.2, 0) is 9.53 Å². The first-order valence-corrected chi connectivity index (χ1v) is 6.64. The van der Waals surface area contributed by atoms with Crippen LogP contribution in [-0.4, -0.2) is 12.6 Å². The van der Waals surface area contributed by atoms with Crippen LogP contribution >= 0.6 is 0 Å². The zero-order valence-electron chi connectivity index (χ0n) is 12.0. The summed E-state index contributed by atoms with van der Waals surface area (Å²) in [6.07, 6.45) is 13.1. The maximum Gasteiger partial charge on any atom is 0.330 e. The molecule has 0 spiro atoms. The lowest BCUT2D eigenvalue weighted by molar-refractivity contribution is -0.137. The monoisotopic (exact) mass is 268 g/mol. The normalized spacial score (nSPS) is 12.6. The van der Waals surface area contributed by atoms with Gasteiger partial charge in [0.05, 0.1) is 6.61 Å². The molecule has 0 radical (unpaired) electrons. The van der Waals surface area contributed by atoms with Crippen molar-refractivity contribution in [3.8, 4) is 0 Å². The van der Waals surface area contributed by atoms with Gasteiger partial charge in [-0.1, -0.05) is 66.8 Å². The molecule has 0 bridgehead atoms. The van der Waals surface area contributed by atoms with Crippen LogP contribution in [0.4, 0.5) is 0 Å². The molecular formula is C18H20O2. The fourth-order valence-corrected chi connectivity index (χ4v) is 1.48. The third-order valence-corrected chi connectivity index (χ3v) is 2.41. The number of hydrogen-bond donors (Lipinski definition) is 0. The average Bonchev–Trinajstić information content (AvgIpc) is 2.44. The lowest BCUT2D eigenvalue weighted by Crippen LogP contribution is -1.99. The van der Waals surface area contributed by atoms with Gasteiger partial charge in [0.2, 0.25) is 0 Å². The van der Waals surface area contributed by atoms with Gasteiger partial charge in [-0.15, -0.1) is 0 Å². The lowest BCUT2D eigenvalue weighted by atomic mass is 10.2. The molecule has 0 heterocycles. The molecule has 0 saturated carbocycles. The standard InChI is InChI=1S/C18H20O2/c1-3-20-18(19)15-16(2)11-7-4-5-8-12-17-13-9-6-10-14-17/h4-15H,3H2,1-2H3/b5-4+,11-7+,12-8+,16-15+. The molecule has 20 heavy (non-hydrogen) atoms. The minimum Gasteiger partial charge on any atom is -0.463 e. The van der Waals surface area contributed by atoms with Crippen LogP contribution < -0.4 is 0 Å². The average molecular weight is 268 g/mol. The van der Waals surface area contributed by atoms with Gasteiger partial charge < -0.3 is 4.74 Å².